The largest absolute Gasteiger partial charge is 0.455 e. The lowest BCUT2D eigenvalue weighted by molar-refractivity contribution is -0.384. The zero-order valence-corrected chi connectivity index (χ0v) is 35.9. The van der Waals surface area contributed by atoms with Crippen molar-refractivity contribution in [2.75, 3.05) is 62.7 Å². The fourth-order valence-corrected chi connectivity index (χ4v) is 10.1. The molecule has 0 radical (unpaired) electrons. The van der Waals surface area contributed by atoms with Gasteiger partial charge in [0.2, 0.25) is 0 Å². The van der Waals surface area contributed by atoms with Gasteiger partial charge in [0.25, 0.3) is 27.5 Å². The molecule has 0 aliphatic carbocycles. The second kappa shape index (κ2) is 18.2. The summed E-state index contributed by atoms with van der Waals surface area (Å²) in [6.45, 7) is 5.73. The van der Waals surface area contributed by atoms with Crippen LogP contribution in [0.25, 0.3) is 11.0 Å². The van der Waals surface area contributed by atoms with Gasteiger partial charge in [0.1, 0.15) is 22.8 Å². The van der Waals surface area contributed by atoms with E-state index in [2.05, 4.69) is 41.9 Å². The number of fused-ring (bicyclic) bond motifs is 2. The second-order valence-electron chi connectivity index (χ2n) is 16.0. The van der Waals surface area contributed by atoms with E-state index >= 15 is 0 Å². The third-order valence-corrected chi connectivity index (χ3v) is 14.0. The number of piperazine rings is 1. The van der Waals surface area contributed by atoms with Crippen LogP contribution in [0.15, 0.2) is 107 Å². The summed E-state index contributed by atoms with van der Waals surface area (Å²) < 4.78 is 41.2. The van der Waals surface area contributed by atoms with Gasteiger partial charge in [-0.15, -0.1) is 0 Å². The average Bonchev–Trinajstić information content (AvgIpc) is 4.02. The van der Waals surface area contributed by atoms with Crippen molar-refractivity contribution in [3.8, 4) is 11.5 Å². The van der Waals surface area contributed by atoms with E-state index in [1.807, 2.05) is 39.9 Å². The van der Waals surface area contributed by atoms with Gasteiger partial charge >= 0.3 is 0 Å². The summed E-state index contributed by atoms with van der Waals surface area (Å²) in [6, 6.07) is 22.3. The topological polar surface area (TPSA) is 192 Å². The first-order valence-corrected chi connectivity index (χ1v) is 23.3. The third kappa shape index (κ3) is 9.39. The monoisotopic (exact) mass is 890 g/mol. The smallest absolute Gasteiger partial charge is 0.293 e. The molecule has 0 saturated carbocycles. The maximum atomic E-state index is 13.9. The number of aromatic nitrogens is 2. The van der Waals surface area contributed by atoms with Crippen LogP contribution in [0.5, 0.6) is 11.5 Å². The zero-order chi connectivity index (χ0) is 43.5. The molecule has 0 unspecified atom stereocenters. The Morgan fingerprint density at radius 2 is 1.79 bits per heavy atom. The summed E-state index contributed by atoms with van der Waals surface area (Å²) in [5.74, 6) is -0.242. The average molecular weight is 891 g/mol. The highest BCUT2D eigenvalue weighted by molar-refractivity contribution is 7.90. The third-order valence-electron chi connectivity index (χ3n) is 12.0. The van der Waals surface area contributed by atoms with Gasteiger partial charge in [0.15, 0.2) is 0 Å². The van der Waals surface area contributed by atoms with E-state index in [1.165, 1.54) is 46.9 Å². The van der Waals surface area contributed by atoms with Gasteiger partial charge in [-0.3, -0.25) is 24.6 Å². The van der Waals surface area contributed by atoms with Gasteiger partial charge in [-0.25, -0.2) is 18.1 Å². The lowest BCUT2D eigenvalue weighted by Crippen LogP contribution is -2.54. The van der Waals surface area contributed by atoms with Gasteiger partial charge in [-0.05, 0) is 84.2 Å². The Morgan fingerprint density at radius 3 is 2.57 bits per heavy atom. The maximum absolute atomic E-state index is 13.9. The molecular weight excluding hydrogens is 845 g/mol. The Balaban J connectivity index is 0.920. The number of ether oxygens (including phenoxy) is 2. The number of hydrogen-bond donors (Lipinski definition) is 3. The molecule has 6 heterocycles. The minimum atomic E-state index is -4.57. The van der Waals surface area contributed by atoms with Crippen LogP contribution >= 0.6 is 11.3 Å². The van der Waals surface area contributed by atoms with Crippen LogP contribution in [0, 0.1) is 16.0 Å². The minimum absolute atomic E-state index is 0.00167. The molecule has 1 atom stereocenters. The summed E-state index contributed by atoms with van der Waals surface area (Å²) >= 11 is 1.51. The van der Waals surface area contributed by atoms with E-state index in [0.717, 1.165) is 49.5 Å². The molecule has 2 amide bonds. The second-order valence-corrected chi connectivity index (χ2v) is 18.5. The molecule has 63 heavy (non-hydrogen) atoms. The molecule has 18 heteroatoms. The quantitative estimate of drug-likeness (QED) is 0.0826. The Hall–Kier alpha value is -6.34. The summed E-state index contributed by atoms with van der Waals surface area (Å²) in [5.41, 5.74) is 4.25. The molecule has 3 aliphatic rings. The number of benzene rings is 3. The number of carbonyl (C=O) groups is 2. The van der Waals surface area contributed by atoms with Crippen molar-refractivity contribution in [1.82, 2.24) is 24.5 Å². The summed E-state index contributed by atoms with van der Waals surface area (Å²) in [4.78, 5) is 52.7. The number of thiophene rings is 1. The van der Waals surface area contributed by atoms with Crippen LogP contribution in [0.3, 0.4) is 0 Å². The van der Waals surface area contributed by atoms with Crippen molar-refractivity contribution in [3.05, 3.63) is 134 Å². The van der Waals surface area contributed by atoms with E-state index in [9.17, 15) is 28.1 Å². The number of aromatic amines is 1. The lowest BCUT2D eigenvalue weighted by atomic mass is 9.93. The molecule has 16 nitrogen and oxygen atoms in total. The number of nitrogens with zero attached hydrogens (tertiary/aromatic N) is 5. The maximum Gasteiger partial charge on any atom is 0.293 e. The Bertz CT molecular complexity index is 2750. The van der Waals surface area contributed by atoms with E-state index < -0.39 is 31.4 Å². The fraction of sp³-hybridized carbons (Fsp3) is 0.311. The highest BCUT2D eigenvalue weighted by Crippen LogP contribution is 2.34. The molecule has 0 bridgehead atoms. The van der Waals surface area contributed by atoms with Crippen molar-refractivity contribution < 1.29 is 32.4 Å². The predicted molar refractivity (Wildman–Crippen MR) is 239 cm³/mol. The number of amides is 2. The summed E-state index contributed by atoms with van der Waals surface area (Å²) in [7, 11) is -4.57. The van der Waals surface area contributed by atoms with Crippen LogP contribution in [0.4, 0.5) is 17.1 Å². The zero-order valence-electron chi connectivity index (χ0n) is 34.3. The molecule has 2 fully saturated rings. The van der Waals surface area contributed by atoms with Crippen LogP contribution in [0.1, 0.15) is 44.7 Å². The molecule has 3 aromatic heterocycles. The highest BCUT2D eigenvalue weighted by Gasteiger charge is 2.33. The van der Waals surface area contributed by atoms with Gasteiger partial charge in [-0.1, -0.05) is 24.3 Å². The minimum Gasteiger partial charge on any atom is -0.455 e. The number of pyridine rings is 1. The van der Waals surface area contributed by atoms with Crippen LogP contribution in [0.2, 0.25) is 0 Å². The van der Waals surface area contributed by atoms with E-state index in [-0.39, 0.29) is 34.9 Å². The highest BCUT2D eigenvalue weighted by atomic mass is 32.2. The van der Waals surface area contributed by atoms with Crippen LogP contribution < -0.4 is 19.7 Å². The Morgan fingerprint density at radius 1 is 0.984 bits per heavy atom. The molecule has 9 rings (SSSR count). The number of nitro groups is 1. The number of carbonyl (C=O) groups excluding carboxylic acids is 2. The standard InChI is InChI=1S/C45H46N8O8S2/c54-44(49-63(58,59)38-6-8-40(41(24-38)53(56)57)47-25-30-10-18-60-19-11-30)39-7-5-35(23-42(39)61-37-22-32-9-13-46-43(32)48-26-37)51-16-14-50(15-17-51)28-36-21-31-3-1-2-4-33(31)27-52(36)45(55)34-12-20-62-29-34/h1-9,12-13,20,22-24,26,29-30,36,47H,10-11,14-19,21,25,27-28H2,(H,46,48)(H,49,54)/t36-/m0/s1. The van der Waals surface area contributed by atoms with Gasteiger partial charge in [-0.2, -0.15) is 11.3 Å². The number of nitrogens with one attached hydrogen (secondary N) is 3. The number of H-pyrrole nitrogens is 1. The Labute approximate surface area is 368 Å². The first-order chi connectivity index (χ1) is 30.6. The van der Waals surface area contributed by atoms with Gasteiger partial charge < -0.3 is 29.6 Å². The van der Waals surface area contributed by atoms with Crippen LogP contribution in [-0.2, 0) is 27.7 Å². The first-order valence-electron chi connectivity index (χ1n) is 20.9. The molecule has 326 valence electrons. The van der Waals surface area contributed by atoms with Crippen LogP contribution in [-0.4, -0.2) is 103 Å². The summed E-state index contributed by atoms with van der Waals surface area (Å²) in [6.07, 6.45) is 5.66. The molecule has 3 aliphatic heterocycles. The molecule has 3 N–H and O–H groups in total. The first kappa shape index (κ1) is 42.0. The SMILES string of the molecule is O=C(NS(=O)(=O)c1ccc(NCC2CCOCC2)c([N+](=O)[O-])c1)c1ccc(N2CCN(C[C@@H]3Cc4ccccc4CN3C(=O)c3ccsc3)CC2)cc1Oc1cnc2[nH]ccc2c1. The van der Waals surface area contributed by atoms with E-state index in [1.54, 1.807) is 24.4 Å². The normalized spacial score (nSPS) is 17.3. The molecule has 2 saturated heterocycles. The van der Waals surface area contributed by atoms with Gasteiger partial charge in [0.05, 0.1) is 27.1 Å². The number of anilines is 2. The molecule has 6 aromatic rings. The van der Waals surface area contributed by atoms with Crippen molar-refractivity contribution in [2.24, 2.45) is 5.92 Å². The fourth-order valence-electron chi connectivity index (χ4n) is 8.53. The van der Waals surface area contributed by atoms with Crippen molar-refractivity contribution in [3.63, 3.8) is 0 Å². The number of sulfonamides is 1. The van der Waals surface area contributed by atoms with E-state index in [0.29, 0.717) is 62.9 Å². The lowest BCUT2D eigenvalue weighted by Gasteiger charge is -2.42. The van der Waals surface area contributed by atoms with Crippen molar-refractivity contribution in [2.45, 2.75) is 36.7 Å². The Kier molecular flexibility index (Phi) is 12.1. The van der Waals surface area contributed by atoms with E-state index in [4.69, 9.17) is 9.47 Å². The summed E-state index contributed by atoms with van der Waals surface area (Å²) in [5, 5.41) is 19.8. The molecular formula is C45H46N8O8S2. The molecule has 0 spiro atoms. The molecule has 3 aromatic carbocycles. The predicted octanol–water partition coefficient (Wildman–Crippen LogP) is 6.67. The number of hydrogen-bond acceptors (Lipinski definition) is 13. The van der Waals surface area contributed by atoms with Crippen molar-refractivity contribution in [1.29, 1.82) is 0 Å². The van der Waals surface area contributed by atoms with Crippen molar-refractivity contribution >= 4 is 61.3 Å². The van der Waals surface area contributed by atoms with Gasteiger partial charge in [0, 0.05) is 99.9 Å². The number of rotatable bonds is 13. The number of nitro benzene ring substituents is 1.